The van der Waals surface area contributed by atoms with Crippen molar-refractivity contribution in [2.24, 2.45) is 5.92 Å². The van der Waals surface area contributed by atoms with E-state index in [-0.39, 0.29) is 18.4 Å². The zero-order valence-corrected chi connectivity index (χ0v) is 12.8. The number of para-hydroxylation sites is 1. The van der Waals surface area contributed by atoms with E-state index in [0.717, 1.165) is 11.3 Å². The van der Waals surface area contributed by atoms with Gasteiger partial charge in [-0.1, -0.05) is 32.0 Å². The van der Waals surface area contributed by atoms with Crippen molar-refractivity contribution in [2.45, 2.75) is 32.9 Å². The molecule has 1 atom stereocenters. The molecule has 1 aliphatic heterocycles. The first kappa shape index (κ1) is 15.4. The fourth-order valence-corrected chi connectivity index (χ4v) is 2.59. The second-order valence-electron chi connectivity index (χ2n) is 5.70. The van der Waals surface area contributed by atoms with Gasteiger partial charge in [0.1, 0.15) is 11.8 Å². The van der Waals surface area contributed by atoms with Crippen molar-refractivity contribution in [3.63, 3.8) is 0 Å². The Morgan fingerprint density at radius 1 is 1.33 bits per heavy atom. The molecule has 0 bridgehead atoms. The average molecular weight is 290 g/mol. The molecule has 5 nitrogen and oxygen atoms in total. The third kappa shape index (κ3) is 3.54. The van der Waals surface area contributed by atoms with E-state index in [1.165, 1.54) is 0 Å². The third-order valence-corrected chi connectivity index (χ3v) is 3.64. The van der Waals surface area contributed by atoms with Crippen LogP contribution in [0.5, 0.6) is 5.75 Å². The lowest BCUT2D eigenvalue weighted by Crippen LogP contribution is -2.58. The molecule has 0 saturated carbocycles. The van der Waals surface area contributed by atoms with E-state index in [1.807, 2.05) is 38.1 Å². The minimum atomic E-state index is -0.406. The number of hydrogen-bond donors (Lipinski definition) is 1. The zero-order valence-electron chi connectivity index (χ0n) is 12.8. The summed E-state index contributed by atoms with van der Waals surface area (Å²) in [7, 11) is 1.61. The number of carbonyl (C=O) groups excluding carboxylic acids is 2. The SMILES string of the molecule is COc1ccccc1CN1C(=O)CNC(=O)C1CC(C)C. The Kier molecular flexibility index (Phi) is 4.83. The Morgan fingerprint density at radius 2 is 2.05 bits per heavy atom. The molecule has 1 aliphatic rings. The number of methoxy groups -OCH3 is 1. The smallest absolute Gasteiger partial charge is 0.243 e. The van der Waals surface area contributed by atoms with Gasteiger partial charge < -0.3 is 15.0 Å². The number of carbonyl (C=O) groups is 2. The van der Waals surface area contributed by atoms with Gasteiger partial charge >= 0.3 is 0 Å². The zero-order chi connectivity index (χ0) is 15.4. The van der Waals surface area contributed by atoms with Crippen molar-refractivity contribution in [1.29, 1.82) is 0 Å². The van der Waals surface area contributed by atoms with E-state index in [4.69, 9.17) is 4.74 Å². The van der Waals surface area contributed by atoms with Crippen molar-refractivity contribution in [1.82, 2.24) is 10.2 Å². The number of nitrogens with one attached hydrogen (secondary N) is 1. The normalized spacial score (nSPS) is 18.9. The number of amides is 2. The predicted octanol–water partition coefficient (Wildman–Crippen LogP) is 1.57. The quantitative estimate of drug-likeness (QED) is 0.895. The lowest BCUT2D eigenvalue weighted by molar-refractivity contribution is -0.146. The molecule has 0 aromatic heterocycles. The van der Waals surface area contributed by atoms with Crippen LogP contribution < -0.4 is 10.1 Å². The van der Waals surface area contributed by atoms with E-state index in [1.54, 1.807) is 12.0 Å². The van der Waals surface area contributed by atoms with Crippen molar-refractivity contribution in [2.75, 3.05) is 13.7 Å². The number of hydrogen-bond acceptors (Lipinski definition) is 3. The third-order valence-electron chi connectivity index (χ3n) is 3.64. The molecule has 0 spiro atoms. The lowest BCUT2D eigenvalue weighted by atomic mass is 9.99. The monoisotopic (exact) mass is 290 g/mol. The van der Waals surface area contributed by atoms with E-state index >= 15 is 0 Å². The molecule has 1 aromatic rings. The number of nitrogens with zero attached hydrogens (tertiary/aromatic N) is 1. The van der Waals surface area contributed by atoms with Gasteiger partial charge in [0, 0.05) is 5.56 Å². The van der Waals surface area contributed by atoms with Gasteiger partial charge in [0.05, 0.1) is 20.2 Å². The molecular formula is C16H22N2O3. The van der Waals surface area contributed by atoms with Crippen LogP contribution in [0.2, 0.25) is 0 Å². The van der Waals surface area contributed by atoms with Crippen LogP contribution in [-0.2, 0) is 16.1 Å². The summed E-state index contributed by atoms with van der Waals surface area (Å²) in [6, 6.07) is 7.17. The molecular weight excluding hydrogens is 268 g/mol. The van der Waals surface area contributed by atoms with E-state index < -0.39 is 6.04 Å². The summed E-state index contributed by atoms with van der Waals surface area (Å²) in [5.41, 5.74) is 0.914. The first-order valence-corrected chi connectivity index (χ1v) is 7.22. The van der Waals surface area contributed by atoms with Crippen LogP contribution in [0.1, 0.15) is 25.8 Å². The molecule has 0 aliphatic carbocycles. The minimum absolute atomic E-state index is 0.0499. The van der Waals surface area contributed by atoms with Crippen molar-refractivity contribution < 1.29 is 14.3 Å². The highest BCUT2D eigenvalue weighted by molar-refractivity contribution is 5.94. The topological polar surface area (TPSA) is 58.6 Å². The largest absolute Gasteiger partial charge is 0.496 e. The van der Waals surface area contributed by atoms with Crippen molar-refractivity contribution in [3.05, 3.63) is 29.8 Å². The highest BCUT2D eigenvalue weighted by atomic mass is 16.5. The Morgan fingerprint density at radius 3 is 2.71 bits per heavy atom. The Hall–Kier alpha value is -2.04. The molecule has 1 unspecified atom stereocenters. The van der Waals surface area contributed by atoms with Crippen LogP contribution in [0.4, 0.5) is 0 Å². The number of piperazine rings is 1. The second-order valence-corrected chi connectivity index (χ2v) is 5.70. The maximum Gasteiger partial charge on any atom is 0.243 e. The number of benzene rings is 1. The van der Waals surface area contributed by atoms with Gasteiger partial charge in [-0.25, -0.2) is 0 Å². The summed E-state index contributed by atoms with van der Waals surface area (Å²) in [5.74, 6) is 0.954. The molecule has 114 valence electrons. The summed E-state index contributed by atoms with van der Waals surface area (Å²) in [6.07, 6.45) is 0.659. The van der Waals surface area contributed by atoms with Crippen LogP contribution in [0.15, 0.2) is 24.3 Å². The summed E-state index contributed by atoms with van der Waals surface area (Å²) in [5, 5.41) is 2.67. The van der Waals surface area contributed by atoms with Crippen LogP contribution in [0, 0.1) is 5.92 Å². The molecule has 2 rings (SSSR count). The van der Waals surface area contributed by atoms with Gasteiger partial charge in [-0.2, -0.15) is 0 Å². The summed E-state index contributed by atoms with van der Waals surface area (Å²) >= 11 is 0. The maximum atomic E-state index is 12.2. The first-order chi connectivity index (χ1) is 10.0. The van der Waals surface area contributed by atoms with Gasteiger partial charge in [0.15, 0.2) is 0 Å². The summed E-state index contributed by atoms with van der Waals surface area (Å²) in [6.45, 7) is 4.57. The van der Waals surface area contributed by atoms with Gasteiger partial charge in [-0.3, -0.25) is 9.59 Å². The Balaban J connectivity index is 2.24. The molecule has 1 saturated heterocycles. The summed E-state index contributed by atoms with van der Waals surface area (Å²) < 4.78 is 5.33. The average Bonchev–Trinajstić information content (AvgIpc) is 2.46. The highest BCUT2D eigenvalue weighted by Gasteiger charge is 2.34. The van der Waals surface area contributed by atoms with Crippen LogP contribution >= 0.6 is 0 Å². The minimum Gasteiger partial charge on any atom is -0.496 e. The van der Waals surface area contributed by atoms with Crippen molar-refractivity contribution >= 4 is 11.8 Å². The van der Waals surface area contributed by atoms with Crippen LogP contribution in [0.25, 0.3) is 0 Å². The number of ether oxygens (including phenoxy) is 1. The van der Waals surface area contributed by atoms with Gasteiger partial charge in [-0.05, 0) is 18.4 Å². The summed E-state index contributed by atoms with van der Waals surface area (Å²) in [4.78, 5) is 26.0. The second kappa shape index (κ2) is 6.61. The maximum absolute atomic E-state index is 12.2. The van der Waals surface area contributed by atoms with E-state index in [9.17, 15) is 9.59 Å². The van der Waals surface area contributed by atoms with Gasteiger partial charge in [-0.15, -0.1) is 0 Å². The van der Waals surface area contributed by atoms with E-state index in [0.29, 0.717) is 18.9 Å². The molecule has 0 radical (unpaired) electrons. The first-order valence-electron chi connectivity index (χ1n) is 7.22. The molecule has 21 heavy (non-hydrogen) atoms. The Bertz CT molecular complexity index is 528. The van der Waals surface area contributed by atoms with Crippen LogP contribution in [0.3, 0.4) is 0 Å². The highest BCUT2D eigenvalue weighted by Crippen LogP contribution is 2.23. The predicted molar refractivity (Wildman–Crippen MR) is 79.8 cm³/mol. The van der Waals surface area contributed by atoms with Crippen LogP contribution in [-0.4, -0.2) is 36.4 Å². The van der Waals surface area contributed by atoms with Gasteiger partial charge in [0.25, 0.3) is 0 Å². The lowest BCUT2D eigenvalue weighted by Gasteiger charge is -2.36. The molecule has 1 N–H and O–H groups in total. The standard InChI is InChI=1S/C16H22N2O3/c1-11(2)8-13-16(20)17-9-15(19)18(13)10-12-6-4-5-7-14(12)21-3/h4-7,11,13H,8-10H2,1-3H3,(H,17,20). The van der Waals surface area contributed by atoms with Crippen molar-refractivity contribution in [3.8, 4) is 5.75 Å². The van der Waals surface area contributed by atoms with Gasteiger partial charge in [0.2, 0.25) is 11.8 Å². The molecule has 2 amide bonds. The fraction of sp³-hybridized carbons (Fsp3) is 0.500. The molecule has 5 heteroatoms. The fourth-order valence-electron chi connectivity index (χ4n) is 2.59. The molecule has 1 aromatic carbocycles. The number of rotatable bonds is 5. The molecule has 1 fully saturated rings. The van der Waals surface area contributed by atoms with E-state index in [2.05, 4.69) is 5.32 Å². The molecule has 1 heterocycles. The Labute approximate surface area is 125 Å².